The van der Waals surface area contributed by atoms with E-state index in [2.05, 4.69) is 24.8 Å². The summed E-state index contributed by atoms with van der Waals surface area (Å²) in [5.74, 6) is 0.540. The SMILES string of the molecule is CC1(C)CCCN(CC(O)COc2ccccc2C#N)C1. The van der Waals surface area contributed by atoms with Gasteiger partial charge in [-0.1, -0.05) is 26.0 Å². The summed E-state index contributed by atoms with van der Waals surface area (Å²) < 4.78 is 5.58. The van der Waals surface area contributed by atoms with Crippen LogP contribution in [-0.4, -0.2) is 42.4 Å². The Bertz CT molecular complexity index is 508. The highest BCUT2D eigenvalue weighted by molar-refractivity contribution is 5.42. The Hall–Kier alpha value is -1.57. The Balaban J connectivity index is 1.82. The van der Waals surface area contributed by atoms with Crippen molar-refractivity contribution in [2.45, 2.75) is 32.8 Å². The van der Waals surface area contributed by atoms with Crippen LogP contribution in [0.2, 0.25) is 0 Å². The molecule has 1 saturated heterocycles. The molecule has 0 saturated carbocycles. The molecule has 1 atom stereocenters. The van der Waals surface area contributed by atoms with Gasteiger partial charge in [-0.25, -0.2) is 0 Å². The standard InChI is InChI=1S/C17H24N2O2/c1-17(2)8-5-9-19(13-17)11-15(20)12-21-16-7-4-3-6-14(16)10-18/h3-4,6-7,15,20H,5,8-9,11-13H2,1-2H3. The minimum Gasteiger partial charge on any atom is -0.489 e. The Morgan fingerprint density at radius 3 is 2.90 bits per heavy atom. The third kappa shape index (κ3) is 4.73. The van der Waals surface area contributed by atoms with Gasteiger partial charge in [0.25, 0.3) is 0 Å². The molecule has 4 heteroatoms. The lowest BCUT2D eigenvalue weighted by atomic mass is 9.84. The molecular formula is C17H24N2O2. The van der Waals surface area contributed by atoms with Crippen LogP contribution in [0.3, 0.4) is 0 Å². The molecule has 0 spiro atoms. The zero-order valence-electron chi connectivity index (χ0n) is 12.9. The van der Waals surface area contributed by atoms with E-state index >= 15 is 0 Å². The van der Waals surface area contributed by atoms with Gasteiger partial charge in [0.2, 0.25) is 0 Å². The van der Waals surface area contributed by atoms with Crippen LogP contribution in [0.1, 0.15) is 32.3 Å². The number of nitrogens with zero attached hydrogens (tertiary/aromatic N) is 2. The molecule has 1 aromatic carbocycles. The molecule has 1 aromatic rings. The first-order valence-corrected chi connectivity index (χ1v) is 7.52. The molecule has 114 valence electrons. The summed E-state index contributed by atoms with van der Waals surface area (Å²) in [6.07, 6.45) is 1.88. The van der Waals surface area contributed by atoms with Crippen LogP contribution >= 0.6 is 0 Å². The van der Waals surface area contributed by atoms with E-state index in [1.807, 2.05) is 6.07 Å². The van der Waals surface area contributed by atoms with Crippen LogP contribution in [0, 0.1) is 16.7 Å². The lowest BCUT2D eigenvalue weighted by molar-refractivity contribution is 0.0366. The summed E-state index contributed by atoms with van der Waals surface area (Å²) >= 11 is 0. The summed E-state index contributed by atoms with van der Waals surface area (Å²) in [5, 5.41) is 19.1. The molecule has 1 N–H and O–H groups in total. The van der Waals surface area contributed by atoms with Crippen LogP contribution in [0.25, 0.3) is 0 Å². The predicted octanol–water partition coefficient (Wildman–Crippen LogP) is 2.42. The van der Waals surface area contributed by atoms with Gasteiger partial charge in [-0.3, -0.25) is 0 Å². The van der Waals surface area contributed by atoms with E-state index < -0.39 is 6.10 Å². The molecule has 1 fully saturated rings. The first kappa shape index (κ1) is 15.8. The van der Waals surface area contributed by atoms with E-state index in [-0.39, 0.29) is 6.61 Å². The largest absolute Gasteiger partial charge is 0.489 e. The van der Waals surface area contributed by atoms with Gasteiger partial charge in [-0.2, -0.15) is 5.26 Å². The highest BCUT2D eigenvalue weighted by atomic mass is 16.5. The third-order valence-electron chi connectivity index (χ3n) is 3.89. The molecule has 0 amide bonds. The number of hydrogen-bond donors (Lipinski definition) is 1. The van der Waals surface area contributed by atoms with Crippen LogP contribution in [0.4, 0.5) is 0 Å². The molecule has 0 aliphatic carbocycles. The average Bonchev–Trinajstić information content (AvgIpc) is 2.44. The maximum absolute atomic E-state index is 10.1. The second-order valence-corrected chi connectivity index (χ2v) is 6.58. The summed E-state index contributed by atoms with van der Waals surface area (Å²) in [4.78, 5) is 2.30. The van der Waals surface area contributed by atoms with Crippen molar-refractivity contribution in [2.24, 2.45) is 5.41 Å². The van der Waals surface area contributed by atoms with E-state index in [9.17, 15) is 5.11 Å². The maximum atomic E-state index is 10.1. The van der Waals surface area contributed by atoms with Gasteiger partial charge in [0, 0.05) is 13.1 Å². The highest BCUT2D eigenvalue weighted by Gasteiger charge is 2.27. The van der Waals surface area contributed by atoms with Crippen LogP contribution in [0.15, 0.2) is 24.3 Å². The second-order valence-electron chi connectivity index (χ2n) is 6.58. The quantitative estimate of drug-likeness (QED) is 0.904. The van der Waals surface area contributed by atoms with Gasteiger partial charge >= 0.3 is 0 Å². The van der Waals surface area contributed by atoms with Crippen molar-refractivity contribution in [3.8, 4) is 11.8 Å². The monoisotopic (exact) mass is 288 g/mol. The van der Waals surface area contributed by atoms with Gasteiger partial charge < -0.3 is 14.7 Å². The zero-order valence-corrected chi connectivity index (χ0v) is 12.9. The molecule has 0 radical (unpaired) electrons. The van der Waals surface area contributed by atoms with Crippen molar-refractivity contribution in [1.82, 2.24) is 4.90 Å². The van der Waals surface area contributed by atoms with Gasteiger partial charge in [0.1, 0.15) is 24.5 Å². The number of rotatable bonds is 5. The number of para-hydroxylation sites is 1. The van der Waals surface area contributed by atoms with Gasteiger partial charge in [-0.05, 0) is 36.9 Å². The Morgan fingerprint density at radius 1 is 1.43 bits per heavy atom. The number of benzene rings is 1. The number of β-amino-alcohol motifs (C(OH)–C–C–N with tert-alkyl or cyclic N) is 1. The molecule has 1 aliphatic heterocycles. The average molecular weight is 288 g/mol. The third-order valence-corrected chi connectivity index (χ3v) is 3.89. The van der Waals surface area contributed by atoms with E-state index in [0.29, 0.717) is 23.3 Å². The number of ether oxygens (including phenoxy) is 1. The molecule has 21 heavy (non-hydrogen) atoms. The van der Waals surface area contributed by atoms with Crippen molar-refractivity contribution in [2.75, 3.05) is 26.2 Å². The molecule has 4 nitrogen and oxygen atoms in total. The molecular weight excluding hydrogens is 264 g/mol. The summed E-state index contributed by atoms with van der Waals surface area (Å²) in [6.45, 7) is 7.43. The number of likely N-dealkylation sites (tertiary alicyclic amines) is 1. The molecule has 1 unspecified atom stereocenters. The number of aliphatic hydroxyl groups excluding tert-OH is 1. The highest BCUT2D eigenvalue weighted by Crippen LogP contribution is 2.28. The van der Waals surface area contributed by atoms with Crippen molar-refractivity contribution >= 4 is 0 Å². The van der Waals surface area contributed by atoms with Crippen molar-refractivity contribution in [3.63, 3.8) is 0 Å². The van der Waals surface area contributed by atoms with E-state index in [0.717, 1.165) is 13.1 Å². The predicted molar refractivity (Wildman–Crippen MR) is 82.1 cm³/mol. The normalized spacial score (nSPS) is 19.7. The lowest BCUT2D eigenvalue weighted by Crippen LogP contribution is -2.44. The number of piperidine rings is 1. The smallest absolute Gasteiger partial charge is 0.137 e. The van der Waals surface area contributed by atoms with Crippen LogP contribution in [0.5, 0.6) is 5.75 Å². The topological polar surface area (TPSA) is 56.5 Å². The Morgan fingerprint density at radius 2 is 2.19 bits per heavy atom. The van der Waals surface area contributed by atoms with E-state index in [1.165, 1.54) is 12.8 Å². The number of nitriles is 1. The van der Waals surface area contributed by atoms with Gasteiger partial charge in [0.15, 0.2) is 0 Å². The van der Waals surface area contributed by atoms with Crippen molar-refractivity contribution < 1.29 is 9.84 Å². The Labute approximate surface area is 127 Å². The molecule has 0 bridgehead atoms. The summed E-state index contributed by atoms with van der Waals surface area (Å²) in [7, 11) is 0. The Kier molecular flexibility index (Phi) is 5.22. The van der Waals surface area contributed by atoms with E-state index in [4.69, 9.17) is 10.00 Å². The number of hydrogen-bond acceptors (Lipinski definition) is 4. The minimum absolute atomic E-state index is 0.218. The zero-order chi connectivity index (χ0) is 15.3. The van der Waals surface area contributed by atoms with Crippen molar-refractivity contribution in [3.05, 3.63) is 29.8 Å². The van der Waals surface area contributed by atoms with Crippen molar-refractivity contribution in [1.29, 1.82) is 5.26 Å². The lowest BCUT2D eigenvalue weighted by Gasteiger charge is -2.38. The maximum Gasteiger partial charge on any atom is 0.137 e. The first-order valence-electron chi connectivity index (χ1n) is 7.52. The fraction of sp³-hybridized carbons (Fsp3) is 0.588. The van der Waals surface area contributed by atoms with Gasteiger partial charge in [0.05, 0.1) is 5.56 Å². The van der Waals surface area contributed by atoms with Crippen LogP contribution in [-0.2, 0) is 0 Å². The molecule has 1 aliphatic rings. The fourth-order valence-electron chi connectivity index (χ4n) is 2.92. The summed E-state index contributed by atoms with van der Waals surface area (Å²) in [5.41, 5.74) is 0.829. The van der Waals surface area contributed by atoms with Gasteiger partial charge in [-0.15, -0.1) is 0 Å². The second kappa shape index (κ2) is 6.93. The van der Waals surface area contributed by atoms with Crippen LogP contribution < -0.4 is 4.74 Å². The minimum atomic E-state index is -0.536. The fourth-order valence-corrected chi connectivity index (χ4v) is 2.92. The number of aliphatic hydroxyl groups is 1. The first-order chi connectivity index (χ1) is 10.00. The molecule has 1 heterocycles. The molecule has 2 rings (SSSR count). The summed E-state index contributed by atoms with van der Waals surface area (Å²) in [6, 6.07) is 9.20. The van der Waals surface area contributed by atoms with E-state index in [1.54, 1.807) is 18.2 Å². The molecule has 0 aromatic heterocycles.